The molecule has 1 aromatic carbocycles. The van der Waals surface area contributed by atoms with Crippen molar-refractivity contribution in [3.05, 3.63) is 31.4 Å². The Balaban J connectivity index is 2.29. The summed E-state index contributed by atoms with van der Waals surface area (Å²) >= 11 is 10.3. The molecule has 3 N–H and O–H groups in total. The van der Waals surface area contributed by atoms with E-state index in [1.54, 1.807) is 0 Å². The Bertz CT molecular complexity index is 520. The summed E-state index contributed by atoms with van der Waals surface area (Å²) in [6.07, 6.45) is 0. The summed E-state index contributed by atoms with van der Waals surface area (Å²) in [5, 5.41) is 10.6. The summed E-state index contributed by atoms with van der Waals surface area (Å²) in [4.78, 5) is 0. The molecule has 2 aromatic rings. The first-order chi connectivity index (χ1) is 8.10. The zero-order valence-corrected chi connectivity index (χ0v) is 13.1. The minimum atomic E-state index is 0.220. The molecule has 1 aromatic heterocycles. The fourth-order valence-electron chi connectivity index (χ4n) is 1.16. The Labute approximate surface area is 123 Å². The van der Waals surface area contributed by atoms with Gasteiger partial charge in [-0.05, 0) is 44.0 Å². The van der Waals surface area contributed by atoms with Gasteiger partial charge in [-0.1, -0.05) is 21.0 Å². The standard InChI is InChI=1S/C9H7Br3N4O/c10-4-1-5(11)8(6(12)2-4)14-9-16-15-7(3-13)17-9/h1-2H,3,13H2,(H,14,16). The Morgan fingerprint density at radius 2 is 1.82 bits per heavy atom. The highest BCUT2D eigenvalue weighted by Crippen LogP contribution is 2.35. The van der Waals surface area contributed by atoms with Gasteiger partial charge >= 0.3 is 6.01 Å². The molecule has 0 saturated heterocycles. The Morgan fingerprint density at radius 1 is 1.18 bits per heavy atom. The number of halogens is 3. The largest absolute Gasteiger partial charge is 0.406 e. The van der Waals surface area contributed by atoms with Crippen molar-refractivity contribution in [2.45, 2.75) is 6.54 Å². The molecule has 0 atom stereocenters. The minimum Gasteiger partial charge on any atom is -0.406 e. The average molecular weight is 427 g/mol. The van der Waals surface area contributed by atoms with Gasteiger partial charge in [0.2, 0.25) is 5.89 Å². The van der Waals surface area contributed by atoms with Crippen LogP contribution in [0.2, 0.25) is 0 Å². The van der Waals surface area contributed by atoms with Crippen LogP contribution < -0.4 is 11.1 Å². The van der Waals surface area contributed by atoms with Crippen molar-refractivity contribution in [2.24, 2.45) is 5.73 Å². The van der Waals surface area contributed by atoms with Crippen molar-refractivity contribution < 1.29 is 4.42 Å². The molecule has 17 heavy (non-hydrogen) atoms. The molecule has 0 unspecified atom stereocenters. The smallest absolute Gasteiger partial charge is 0.320 e. The first-order valence-corrected chi connectivity index (χ1v) is 6.92. The van der Waals surface area contributed by atoms with E-state index in [1.807, 2.05) is 12.1 Å². The monoisotopic (exact) mass is 424 g/mol. The van der Waals surface area contributed by atoms with Gasteiger partial charge in [0.15, 0.2) is 0 Å². The number of benzene rings is 1. The molecule has 0 fully saturated rings. The fraction of sp³-hybridized carbons (Fsp3) is 0.111. The quantitative estimate of drug-likeness (QED) is 0.784. The topological polar surface area (TPSA) is 77.0 Å². The molecule has 0 radical (unpaired) electrons. The Morgan fingerprint density at radius 3 is 2.35 bits per heavy atom. The second-order valence-corrected chi connectivity index (χ2v) is 5.70. The SMILES string of the molecule is NCc1nnc(Nc2c(Br)cc(Br)cc2Br)o1. The second kappa shape index (κ2) is 5.47. The van der Waals surface area contributed by atoms with Gasteiger partial charge in [-0.3, -0.25) is 0 Å². The number of hydrogen-bond donors (Lipinski definition) is 2. The van der Waals surface area contributed by atoms with Crippen molar-refractivity contribution in [1.82, 2.24) is 10.2 Å². The fourth-order valence-corrected chi connectivity index (χ4v) is 3.61. The molecular weight excluding hydrogens is 420 g/mol. The maximum absolute atomic E-state index is 5.39. The number of nitrogens with one attached hydrogen (secondary N) is 1. The second-order valence-electron chi connectivity index (χ2n) is 3.07. The van der Waals surface area contributed by atoms with Crippen LogP contribution in [0.3, 0.4) is 0 Å². The normalized spacial score (nSPS) is 10.6. The third kappa shape index (κ3) is 3.06. The molecule has 0 aliphatic heterocycles. The van der Waals surface area contributed by atoms with Crippen molar-refractivity contribution in [2.75, 3.05) is 5.32 Å². The summed E-state index contributed by atoms with van der Waals surface area (Å²) in [7, 11) is 0. The molecule has 5 nitrogen and oxygen atoms in total. The predicted molar refractivity (Wildman–Crippen MR) is 75.0 cm³/mol. The molecule has 2 rings (SSSR count). The number of nitrogens with two attached hydrogens (primary N) is 1. The highest BCUT2D eigenvalue weighted by Gasteiger charge is 2.11. The molecule has 0 bridgehead atoms. The molecule has 0 aliphatic carbocycles. The maximum Gasteiger partial charge on any atom is 0.320 e. The zero-order valence-electron chi connectivity index (χ0n) is 8.38. The van der Waals surface area contributed by atoms with Crippen molar-refractivity contribution >= 4 is 59.5 Å². The predicted octanol–water partition coefficient (Wildman–Crippen LogP) is 3.56. The van der Waals surface area contributed by atoms with Gasteiger partial charge in [0.05, 0.1) is 12.2 Å². The van der Waals surface area contributed by atoms with E-state index in [-0.39, 0.29) is 6.54 Å². The number of nitrogens with zero attached hydrogens (tertiary/aromatic N) is 2. The van der Waals surface area contributed by atoms with E-state index >= 15 is 0 Å². The van der Waals surface area contributed by atoms with Gasteiger partial charge < -0.3 is 15.5 Å². The molecule has 8 heteroatoms. The molecule has 0 saturated carbocycles. The number of rotatable bonds is 3. The van der Waals surface area contributed by atoms with E-state index in [1.165, 1.54) is 0 Å². The highest BCUT2D eigenvalue weighted by molar-refractivity contribution is 9.11. The first kappa shape index (κ1) is 13.0. The van der Waals surface area contributed by atoms with Crippen LogP contribution in [0.25, 0.3) is 0 Å². The van der Waals surface area contributed by atoms with Gasteiger partial charge in [-0.25, -0.2) is 0 Å². The summed E-state index contributed by atoms with van der Waals surface area (Å²) in [5.41, 5.74) is 6.19. The van der Waals surface area contributed by atoms with Crippen LogP contribution in [0.1, 0.15) is 5.89 Å². The van der Waals surface area contributed by atoms with Crippen LogP contribution in [0.5, 0.6) is 0 Å². The minimum absolute atomic E-state index is 0.220. The lowest BCUT2D eigenvalue weighted by Gasteiger charge is -2.07. The van der Waals surface area contributed by atoms with Crippen molar-refractivity contribution in [3.8, 4) is 0 Å². The Kier molecular flexibility index (Phi) is 4.18. The summed E-state index contributed by atoms with van der Waals surface area (Å²) < 4.78 is 7.95. The molecule has 90 valence electrons. The van der Waals surface area contributed by atoms with E-state index in [0.29, 0.717) is 11.9 Å². The molecular formula is C9H7Br3N4O. The van der Waals surface area contributed by atoms with Crippen LogP contribution in [-0.4, -0.2) is 10.2 Å². The summed E-state index contributed by atoms with van der Waals surface area (Å²) in [6, 6.07) is 4.12. The van der Waals surface area contributed by atoms with Gasteiger partial charge in [0.25, 0.3) is 0 Å². The number of aromatic nitrogens is 2. The van der Waals surface area contributed by atoms with Crippen LogP contribution >= 0.6 is 47.8 Å². The molecule has 1 heterocycles. The number of hydrogen-bond acceptors (Lipinski definition) is 5. The summed E-state index contributed by atoms with van der Waals surface area (Å²) in [5.74, 6) is 0.386. The first-order valence-electron chi connectivity index (χ1n) is 4.54. The van der Waals surface area contributed by atoms with Gasteiger partial charge in [0.1, 0.15) is 0 Å². The third-order valence-corrected chi connectivity index (χ3v) is 3.59. The van der Waals surface area contributed by atoms with Crippen LogP contribution in [0, 0.1) is 0 Å². The number of anilines is 2. The van der Waals surface area contributed by atoms with Gasteiger partial charge in [-0.15, -0.1) is 5.10 Å². The van der Waals surface area contributed by atoms with E-state index < -0.39 is 0 Å². The maximum atomic E-state index is 5.39. The molecule has 0 amide bonds. The van der Waals surface area contributed by atoms with Gasteiger partial charge in [-0.2, -0.15) is 0 Å². The van der Waals surface area contributed by atoms with Gasteiger partial charge in [0, 0.05) is 13.4 Å². The van der Waals surface area contributed by atoms with E-state index in [9.17, 15) is 0 Å². The van der Waals surface area contributed by atoms with E-state index in [4.69, 9.17) is 10.2 Å². The van der Waals surface area contributed by atoms with Crippen LogP contribution in [0.4, 0.5) is 11.7 Å². The van der Waals surface area contributed by atoms with Crippen LogP contribution in [0.15, 0.2) is 30.0 Å². The summed E-state index contributed by atoms with van der Waals surface area (Å²) in [6.45, 7) is 0.220. The lowest BCUT2D eigenvalue weighted by Crippen LogP contribution is -1.95. The molecule has 0 aliphatic rings. The molecule has 0 spiro atoms. The zero-order chi connectivity index (χ0) is 12.4. The highest BCUT2D eigenvalue weighted by atomic mass is 79.9. The Hall–Kier alpha value is -0.440. The van der Waals surface area contributed by atoms with E-state index in [2.05, 4.69) is 63.3 Å². The van der Waals surface area contributed by atoms with Crippen molar-refractivity contribution in [3.63, 3.8) is 0 Å². The van der Waals surface area contributed by atoms with Crippen LogP contribution in [-0.2, 0) is 6.54 Å². The third-order valence-electron chi connectivity index (χ3n) is 1.88. The van der Waals surface area contributed by atoms with E-state index in [0.717, 1.165) is 19.1 Å². The lowest BCUT2D eigenvalue weighted by atomic mass is 10.3. The van der Waals surface area contributed by atoms with Crippen molar-refractivity contribution in [1.29, 1.82) is 0 Å². The lowest BCUT2D eigenvalue weighted by molar-refractivity contribution is 0.511. The average Bonchev–Trinajstić information content (AvgIpc) is 2.71.